The van der Waals surface area contributed by atoms with Crippen LogP contribution in [0.25, 0.3) is 0 Å². The van der Waals surface area contributed by atoms with Gasteiger partial charge in [-0.05, 0) is 24.8 Å². The van der Waals surface area contributed by atoms with Crippen LogP contribution in [0.15, 0.2) is 23.1 Å². The van der Waals surface area contributed by atoms with Gasteiger partial charge in [-0.25, -0.2) is 0 Å². The van der Waals surface area contributed by atoms with E-state index < -0.39 is 12.7 Å². The van der Waals surface area contributed by atoms with Crippen LogP contribution < -0.4 is 10.6 Å². The van der Waals surface area contributed by atoms with E-state index >= 15 is 0 Å². The van der Waals surface area contributed by atoms with Gasteiger partial charge in [-0.2, -0.15) is 13.2 Å². The number of hydrogen-bond donors (Lipinski definition) is 1. The van der Waals surface area contributed by atoms with Crippen LogP contribution in [0.2, 0.25) is 0 Å². The van der Waals surface area contributed by atoms with Crippen LogP contribution in [-0.4, -0.2) is 25.5 Å². The molecule has 0 unspecified atom stereocenters. The maximum atomic E-state index is 12.7. The van der Waals surface area contributed by atoms with Crippen LogP contribution in [0.1, 0.15) is 18.9 Å². The smallest absolute Gasteiger partial charge is 0.362 e. The second kappa shape index (κ2) is 7.05. The molecule has 1 rings (SSSR count). The lowest BCUT2D eigenvalue weighted by Crippen LogP contribution is -2.35. The van der Waals surface area contributed by atoms with Gasteiger partial charge in [-0.3, -0.25) is 0 Å². The normalized spacial score (nSPS) is 11.7. The Morgan fingerprint density at radius 1 is 1.32 bits per heavy atom. The van der Waals surface area contributed by atoms with E-state index in [9.17, 15) is 13.2 Å². The SMILES string of the molecule is CCCN(CC(F)(F)F)c1cccc(SC)c1CN. The number of hydrogen-bond acceptors (Lipinski definition) is 3. The summed E-state index contributed by atoms with van der Waals surface area (Å²) >= 11 is 1.50. The van der Waals surface area contributed by atoms with E-state index in [0.29, 0.717) is 18.7 Å². The van der Waals surface area contributed by atoms with Crippen molar-refractivity contribution < 1.29 is 13.2 Å². The molecule has 2 N–H and O–H groups in total. The summed E-state index contributed by atoms with van der Waals surface area (Å²) in [5, 5.41) is 0. The van der Waals surface area contributed by atoms with Gasteiger partial charge in [-0.1, -0.05) is 13.0 Å². The highest BCUT2D eigenvalue weighted by Gasteiger charge is 2.31. The third-order valence-electron chi connectivity index (χ3n) is 2.74. The summed E-state index contributed by atoms with van der Waals surface area (Å²) < 4.78 is 38.0. The summed E-state index contributed by atoms with van der Waals surface area (Å²) in [5.41, 5.74) is 7.08. The number of rotatable bonds is 6. The fourth-order valence-corrected chi connectivity index (χ4v) is 2.67. The topological polar surface area (TPSA) is 29.3 Å². The van der Waals surface area contributed by atoms with Crippen LogP contribution in [0.4, 0.5) is 18.9 Å². The third kappa shape index (κ3) is 4.62. The maximum absolute atomic E-state index is 12.7. The summed E-state index contributed by atoms with van der Waals surface area (Å²) in [6.07, 6.45) is -1.66. The molecule has 0 aliphatic rings. The molecule has 0 saturated heterocycles. The number of anilines is 1. The fourth-order valence-electron chi connectivity index (χ4n) is 2.02. The van der Waals surface area contributed by atoms with Crippen molar-refractivity contribution in [2.45, 2.75) is 31.0 Å². The van der Waals surface area contributed by atoms with Crippen LogP contribution >= 0.6 is 11.8 Å². The molecule has 0 aliphatic heterocycles. The highest BCUT2D eigenvalue weighted by Crippen LogP contribution is 2.31. The predicted molar refractivity (Wildman–Crippen MR) is 74.7 cm³/mol. The van der Waals surface area contributed by atoms with E-state index in [2.05, 4.69) is 0 Å². The first-order chi connectivity index (χ1) is 8.92. The van der Waals surface area contributed by atoms with Crippen LogP contribution in [0.3, 0.4) is 0 Å². The summed E-state index contributed by atoms with van der Waals surface area (Å²) in [4.78, 5) is 2.30. The van der Waals surface area contributed by atoms with Crippen molar-refractivity contribution in [3.05, 3.63) is 23.8 Å². The van der Waals surface area contributed by atoms with Gasteiger partial charge >= 0.3 is 6.18 Å². The van der Waals surface area contributed by atoms with Crippen LogP contribution in [0, 0.1) is 0 Å². The Labute approximate surface area is 116 Å². The molecule has 0 spiro atoms. The molecular weight excluding hydrogens is 273 g/mol. The van der Waals surface area contributed by atoms with E-state index in [0.717, 1.165) is 10.5 Å². The number of nitrogens with two attached hydrogens (primary N) is 1. The fraction of sp³-hybridized carbons (Fsp3) is 0.538. The van der Waals surface area contributed by atoms with Gasteiger partial charge in [0.2, 0.25) is 0 Å². The molecule has 0 aliphatic carbocycles. The Balaban J connectivity index is 3.14. The van der Waals surface area contributed by atoms with Crippen molar-refractivity contribution in [3.8, 4) is 0 Å². The second-order valence-electron chi connectivity index (χ2n) is 4.20. The van der Waals surface area contributed by atoms with Gasteiger partial charge < -0.3 is 10.6 Å². The molecule has 1 aromatic rings. The first-order valence-electron chi connectivity index (χ1n) is 6.10. The zero-order valence-electron chi connectivity index (χ0n) is 11.1. The summed E-state index contributed by atoms with van der Waals surface area (Å²) in [6, 6.07) is 5.37. The molecular formula is C13H19F3N2S. The Hall–Kier alpha value is -0.880. The molecule has 0 saturated carbocycles. The summed E-state index contributed by atoms with van der Waals surface area (Å²) in [7, 11) is 0. The number of nitrogens with zero attached hydrogens (tertiary/aromatic N) is 1. The molecule has 0 amide bonds. The number of thioether (sulfide) groups is 1. The Morgan fingerprint density at radius 2 is 2.00 bits per heavy atom. The van der Waals surface area contributed by atoms with Crippen molar-refractivity contribution >= 4 is 17.4 Å². The van der Waals surface area contributed by atoms with Gasteiger partial charge in [0.15, 0.2) is 0 Å². The highest BCUT2D eigenvalue weighted by molar-refractivity contribution is 7.98. The van der Waals surface area contributed by atoms with Gasteiger partial charge in [-0.15, -0.1) is 11.8 Å². The Morgan fingerprint density at radius 3 is 2.47 bits per heavy atom. The van der Waals surface area contributed by atoms with Crippen molar-refractivity contribution in [1.29, 1.82) is 0 Å². The van der Waals surface area contributed by atoms with Crippen molar-refractivity contribution in [2.75, 3.05) is 24.2 Å². The molecule has 0 radical (unpaired) electrons. The van der Waals surface area contributed by atoms with E-state index in [1.807, 2.05) is 19.2 Å². The second-order valence-corrected chi connectivity index (χ2v) is 5.05. The lowest BCUT2D eigenvalue weighted by Gasteiger charge is -2.28. The summed E-state index contributed by atoms with van der Waals surface area (Å²) in [5.74, 6) is 0. The maximum Gasteiger partial charge on any atom is 0.405 e. The highest BCUT2D eigenvalue weighted by atomic mass is 32.2. The molecule has 0 atom stereocenters. The van der Waals surface area contributed by atoms with E-state index in [-0.39, 0.29) is 6.54 Å². The first kappa shape index (κ1) is 16.2. The van der Waals surface area contributed by atoms with Crippen LogP contribution in [0.5, 0.6) is 0 Å². The quantitative estimate of drug-likeness (QED) is 0.812. The average molecular weight is 292 g/mol. The molecule has 2 nitrogen and oxygen atoms in total. The van der Waals surface area contributed by atoms with E-state index in [4.69, 9.17) is 5.73 Å². The Kier molecular flexibility index (Phi) is 6.00. The molecule has 6 heteroatoms. The van der Waals surface area contributed by atoms with E-state index in [1.54, 1.807) is 12.1 Å². The van der Waals surface area contributed by atoms with Gasteiger partial charge in [0.25, 0.3) is 0 Å². The first-order valence-corrected chi connectivity index (χ1v) is 7.33. The standard InChI is InChI=1S/C13H19F3N2S/c1-3-7-18(9-13(14,15)16)11-5-4-6-12(19-2)10(11)8-17/h4-6H,3,7-9,17H2,1-2H3. The lowest BCUT2D eigenvalue weighted by molar-refractivity contribution is -0.119. The molecule has 19 heavy (non-hydrogen) atoms. The average Bonchev–Trinajstić information content (AvgIpc) is 2.35. The van der Waals surface area contributed by atoms with Crippen molar-refractivity contribution in [2.24, 2.45) is 5.73 Å². The minimum atomic E-state index is -4.21. The Bertz CT molecular complexity index is 407. The predicted octanol–water partition coefficient (Wildman–Crippen LogP) is 3.65. The minimum Gasteiger partial charge on any atom is -0.362 e. The molecule has 0 fully saturated rings. The summed E-state index contributed by atoms with van der Waals surface area (Å²) in [6.45, 7) is 1.53. The zero-order chi connectivity index (χ0) is 14.5. The molecule has 0 heterocycles. The lowest BCUT2D eigenvalue weighted by atomic mass is 10.1. The number of benzene rings is 1. The minimum absolute atomic E-state index is 0.240. The van der Waals surface area contributed by atoms with Gasteiger partial charge in [0, 0.05) is 29.2 Å². The third-order valence-corrected chi connectivity index (χ3v) is 3.56. The van der Waals surface area contributed by atoms with Crippen molar-refractivity contribution in [3.63, 3.8) is 0 Å². The van der Waals surface area contributed by atoms with E-state index in [1.165, 1.54) is 16.7 Å². The molecule has 0 bridgehead atoms. The number of halogens is 3. The van der Waals surface area contributed by atoms with Gasteiger partial charge in [0.05, 0.1) is 0 Å². The largest absolute Gasteiger partial charge is 0.405 e. The number of alkyl halides is 3. The van der Waals surface area contributed by atoms with Gasteiger partial charge in [0.1, 0.15) is 6.54 Å². The molecule has 1 aromatic carbocycles. The van der Waals surface area contributed by atoms with Crippen LogP contribution in [-0.2, 0) is 6.54 Å². The van der Waals surface area contributed by atoms with Crippen molar-refractivity contribution in [1.82, 2.24) is 0 Å². The molecule has 108 valence electrons. The zero-order valence-corrected chi connectivity index (χ0v) is 11.9. The monoisotopic (exact) mass is 292 g/mol. The molecule has 0 aromatic heterocycles.